The molecule has 4 aliphatic rings. The average Bonchev–Trinajstić information content (AvgIpc) is 3.53. The van der Waals surface area contributed by atoms with Crippen molar-refractivity contribution >= 4 is 27.7 Å². The molecule has 3 fully saturated rings. The van der Waals surface area contributed by atoms with Crippen LogP contribution in [0.5, 0.6) is 0 Å². The molecule has 1 aliphatic carbocycles. The number of amidine groups is 1. The predicted molar refractivity (Wildman–Crippen MR) is 145 cm³/mol. The van der Waals surface area contributed by atoms with Gasteiger partial charge in [-0.2, -0.15) is 0 Å². The van der Waals surface area contributed by atoms with Crippen LogP contribution in [0.25, 0.3) is 0 Å². The van der Waals surface area contributed by atoms with Crippen LogP contribution in [0.15, 0.2) is 17.1 Å². The van der Waals surface area contributed by atoms with Crippen molar-refractivity contribution in [3.63, 3.8) is 0 Å². The summed E-state index contributed by atoms with van der Waals surface area (Å²) in [4.78, 5) is 35.9. The van der Waals surface area contributed by atoms with E-state index >= 15 is 0 Å². The third kappa shape index (κ3) is 5.40. The van der Waals surface area contributed by atoms with Gasteiger partial charge < -0.3 is 5.32 Å². The van der Waals surface area contributed by atoms with E-state index in [1.807, 2.05) is 26.0 Å². The largest absolute Gasteiger partial charge is 0.312 e. The van der Waals surface area contributed by atoms with Crippen LogP contribution in [0.3, 0.4) is 0 Å². The first-order chi connectivity index (χ1) is 18.1. The summed E-state index contributed by atoms with van der Waals surface area (Å²) in [5, 5.41) is 4.45. The van der Waals surface area contributed by atoms with Gasteiger partial charge in [0.2, 0.25) is 10.0 Å². The molecule has 1 aromatic carbocycles. The monoisotopic (exact) mass is 544 g/mol. The Morgan fingerprint density at radius 3 is 2.37 bits per heavy atom. The topological polar surface area (TPSA) is 108 Å². The lowest BCUT2D eigenvalue weighted by atomic mass is 9.82. The summed E-state index contributed by atoms with van der Waals surface area (Å²) in [6.07, 6.45) is 6.45. The molecule has 208 valence electrons. The Morgan fingerprint density at radius 1 is 1.11 bits per heavy atom. The van der Waals surface area contributed by atoms with Crippen molar-refractivity contribution in [1.29, 1.82) is 0 Å². The number of benzene rings is 1. The number of carbonyl (C=O) groups excluding carboxylic acids is 2. The average molecular weight is 545 g/mol. The third-order valence-electron chi connectivity index (χ3n) is 8.88. The Hall–Kier alpha value is -2.30. The third-order valence-corrected chi connectivity index (χ3v) is 10.7. The van der Waals surface area contributed by atoms with Crippen LogP contribution >= 0.6 is 0 Å². The second kappa shape index (κ2) is 10.7. The van der Waals surface area contributed by atoms with E-state index in [0.29, 0.717) is 57.0 Å². The SMILES string of the molecule is Cc1cc(C(=O)N2CCCO2)cc(C)c1CCS(=O)(=O)N1CCC2(CC1)N=C(C1CCC(C)CC1)NC2=O. The summed E-state index contributed by atoms with van der Waals surface area (Å²) in [5.41, 5.74) is 2.50. The summed E-state index contributed by atoms with van der Waals surface area (Å²) >= 11 is 0. The Morgan fingerprint density at radius 2 is 1.76 bits per heavy atom. The molecule has 10 heteroatoms. The minimum Gasteiger partial charge on any atom is -0.312 e. The number of piperidine rings is 1. The van der Waals surface area contributed by atoms with E-state index in [2.05, 4.69) is 12.2 Å². The van der Waals surface area contributed by atoms with Crippen molar-refractivity contribution < 1.29 is 22.8 Å². The summed E-state index contributed by atoms with van der Waals surface area (Å²) in [5.74, 6) is 1.63. The van der Waals surface area contributed by atoms with E-state index in [0.717, 1.165) is 60.5 Å². The van der Waals surface area contributed by atoms with Gasteiger partial charge in [-0.3, -0.25) is 19.4 Å². The summed E-state index contributed by atoms with van der Waals surface area (Å²) in [7, 11) is -3.50. The fourth-order valence-corrected chi connectivity index (χ4v) is 7.82. The molecule has 38 heavy (non-hydrogen) atoms. The molecule has 1 N–H and O–H groups in total. The van der Waals surface area contributed by atoms with E-state index in [1.165, 1.54) is 9.37 Å². The maximum absolute atomic E-state index is 13.3. The molecule has 0 bridgehead atoms. The maximum atomic E-state index is 13.3. The molecule has 3 aliphatic heterocycles. The van der Waals surface area contributed by atoms with Crippen LogP contribution in [0.4, 0.5) is 0 Å². The Balaban J connectivity index is 1.20. The predicted octanol–water partition coefficient (Wildman–Crippen LogP) is 3.14. The van der Waals surface area contributed by atoms with Crippen molar-refractivity contribution in [3.8, 4) is 0 Å². The van der Waals surface area contributed by atoms with E-state index in [9.17, 15) is 18.0 Å². The van der Waals surface area contributed by atoms with Crippen LogP contribution in [0.1, 0.15) is 78.9 Å². The minimum absolute atomic E-state index is 0.00875. The number of aliphatic imine (C=N–C) groups is 1. The number of nitrogens with zero attached hydrogens (tertiary/aromatic N) is 3. The molecule has 2 saturated heterocycles. The Kier molecular flexibility index (Phi) is 7.68. The number of hydrogen-bond donors (Lipinski definition) is 1. The molecule has 5 rings (SSSR count). The summed E-state index contributed by atoms with van der Waals surface area (Å²) in [6.45, 7) is 7.85. The van der Waals surface area contributed by atoms with Crippen molar-refractivity contribution in [2.45, 2.75) is 77.7 Å². The molecule has 1 spiro atoms. The number of hydrogen-bond acceptors (Lipinski definition) is 6. The van der Waals surface area contributed by atoms with Crippen LogP contribution in [0.2, 0.25) is 0 Å². The molecule has 1 aromatic rings. The zero-order valence-corrected chi connectivity index (χ0v) is 23.6. The summed E-state index contributed by atoms with van der Waals surface area (Å²) < 4.78 is 28.1. The van der Waals surface area contributed by atoms with Gasteiger partial charge in [-0.1, -0.05) is 19.8 Å². The molecule has 0 radical (unpaired) electrons. The molecule has 0 unspecified atom stereocenters. The number of carbonyl (C=O) groups is 2. The second-order valence-electron chi connectivity index (χ2n) is 11.6. The molecule has 0 atom stereocenters. The molecule has 0 aromatic heterocycles. The number of amides is 2. The van der Waals surface area contributed by atoms with Crippen molar-refractivity contribution in [3.05, 3.63) is 34.4 Å². The van der Waals surface area contributed by atoms with E-state index in [1.54, 1.807) is 0 Å². The molecule has 3 heterocycles. The van der Waals surface area contributed by atoms with Crippen LogP contribution in [-0.4, -0.2) is 73.0 Å². The van der Waals surface area contributed by atoms with E-state index in [4.69, 9.17) is 9.83 Å². The van der Waals surface area contributed by atoms with E-state index < -0.39 is 15.6 Å². The second-order valence-corrected chi connectivity index (χ2v) is 13.7. The highest BCUT2D eigenvalue weighted by molar-refractivity contribution is 7.89. The quantitative estimate of drug-likeness (QED) is 0.592. The van der Waals surface area contributed by atoms with Gasteiger partial charge in [0.1, 0.15) is 11.4 Å². The normalized spacial score (nSPS) is 26.0. The molecular weight excluding hydrogens is 504 g/mol. The van der Waals surface area contributed by atoms with Gasteiger partial charge in [0, 0.05) is 24.6 Å². The van der Waals surface area contributed by atoms with Crippen LogP contribution in [0, 0.1) is 25.7 Å². The van der Waals surface area contributed by atoms with Crippen LogP contribution < -0.4 is 5.32 Å². The van der Waals surface area contributed by atoms with Crippen molar-refractivity contribution in [2.24, 2.45) is 16.8 Å². The zero-order valence-electron chi connectivity index (χ0n) is 22.8. The highest BCUT2D eigenvalue weighted by atomic mass is 32.2. The van der Waals surface area contributed by atoms with Crippen molar-refractivity contribution in [1.82, 2.24) is 14.7 Å². The highest BCUT2D eigenvalue weighted by Gasteiger charge is 2.48. The first-order valence-electron chi connectivity index (χ1n) is 14.0. The lowest BCUT2D eigenvalue weighted by Crippen LogP contribution is -2.51. The smallest absolute Gasteiger partial charge is 0.277 e. The Labute approximate surface area is 226 Å². The van der Waals surface area contributed by atoms with Gasteiger partial charge in [-0.05, 0) is 87.1 Å². The zero-order chi connectivity index (χ0) is 27.1. The fraction of sp³-hybridized carbons (Fsp3) is 0.679. The van der Waals surface area contributed by atoms with E-state index in [-0.39, 0.29) is 17.6 Å². The first kappa shape index (κ1) is 27.3. The van der Waals surface area contributed by atoms with Gasteiger partial charge in [0.05, 0.1) is 18.9 Å². The number of hydroxylamine groups is 2. The number of rotatable bonds is 6. The molecule has 1 saturated carbocycles. The number of nitrogens with one attached hydrogen (secondary N) is 1. The minimum atomic E-state index is -3.50. The van der Waals surface area contributed by atoms with Gasteiger partial charge in [-0.15, -0.1) is 0 Å². The molecule has 2 amide bonds. The lowest BCUT2D eigenvalue weighted by molar-refractivity contribution is -0.125. The molecular formula is C28H40N4O5S. The summed E-state index contributed by atoms with van der Waals surface area (Å²) in [6, 6.07) is 3.65. The fourth-order valence-electron chi connectivity index (χ4n) is 6.36. The van der Waals surface area contributed by atoms with Gasteiger partial charge in [0.15, 0.2) is 0 Å². The maximum Gasteiger partial charge on any atom is 0.277 e. The van der Waals surface area contributed by atoms with Crippen LogP contribution in [-0.2, 0) is 26.1 Å². The van der Waals surface area contributed by atoms with Gasteiger partial charge in [0.25, 0.3) is 11.8 Å². The van der Waals surface area contributed by atoms with Crippen molar-refractivity contribution in [2.75, 3.05) is 32.0 Å². The highest BCUT2D eigenvalue weighted by Crippen LogP contribution is 2.36. The number of sulfonamides is 1. The standard InChI is InChI=1S/C28H40N4O5S/c1-19-5-7-22(8-6-19)25-29-27(34)28(30-25)10-13-31(14-11-28)38(35,36)16-9-24-20(2)17-23(18-21(24)3)26(33)32-12-4-15-37-32/h17-19,22H,4-16H2,1-3H3,(H,29,30,34). The Bertz CT molecular complexity index is 1200. The van der Waals surface area contributed by atoms with Gasteiger partial charge in [-0.25, -0.2) is 17.8 Å². The van der Waals surface area contributed by atoms with Gasteiger partial charge >= 0.3 is 0 Å². The first-order valence-corrected chi connectivity index (χ1v) is 15.6. The number of aryl methyl sites for hydroxylation is 2. The lowest BCUT2D eigenvalue weighted by Gasteiger charge is -2.34. The molecule has 9 nitrogen and oxygen atoms in total.